The predicted octanol–water partition coefficient (Wildman–Crippen LogP) is 1.57. The number of methoxy groups -OCH3 is 1. The Hall–Kier alpha value is -2.17. The first-order valence-corrected chi connectivity index (χ1v) is 5.14. The number of aliphatic carboxylic acids is 1. The van der Waals surface area contributed by atoms with Crippen LogP contribution in [0.3, 0.4) is 0 Å². The summed E-state index contributed by atoms with van der Waals surface area (Å²) < 4.78 is 5.16. The molecule has 1 N–H and O–H groups in total. The molecule has 0 saturated carbocycles. The minimum absolute atomic E-state index is 0.208. The number of hydrogen-bond acceptors (Lipinski definition) is 4. The molecule has 0 saturated heterocycles. The highest BCUT2D eigenvalue weighted by Gasteiger charge is 2.11. The summed E-state index contributed by atoms with van der Waals surface area (Å²) in [6.07, 6.45) is -0.208. The Labute approximate surface area is 98.1 Å². The van der Waals surface area contributed by atoms with Crippen LogP contribution >= 0.6 is 0 Å². The van der Waals surface area contributed by atoms with E-state index in [1.54, 1.807) is 0 Å². The highest BCUT2D eigenvalue weighted by molar-refractivity contribution is 5.86. The lowest BCUT2D eigenvalue weighted by atomic mass is 10.1. The highest BCUT2D eigenvalue weighted by atomic mass is 16.5. The maximum absolute atomic E-state index is 10.7. The van der Waals surface area contributed by atoms with Crippen LogP contribution in [-0.2, 0) is 11.2 Å². The number of carbonyl (C=O) groups is 1. The minimum atomic E-state index is -0.958. The fraction of sp³-hybridized carbons (Fsp3) is 0.250. The van der Waals surface area contributed by atoms with Gasteiger partial charge in [0.1, 0.15) is 12.2 Å². The van der Waals surface area contributed by atoms with Gasteiger partial charge < -0.3 is 9.84 Å². The van der Waals surface area contributed by atoms with Crippen LogP contribution in [0.1, 0.15) is 11.4 Å². The van der Waals surface area contributed by atoms with Gasteiger partial charge in [0.2, 0.25) is 5.88 Å². The van der Waals surface area contributed by atoms with Gasteiger partial charge >= 0.3 is 5.97 Å². The van der Waals surface area contributed by atoms with E-state index in [-0.39, 0.29) is 12.2 Å². The first-order valence-electron chi connectivity index (χ1n) is 5.14. The summed E-state index contributed by atoms with van der Waals surface area (Å²) in [6.45, 7) is 1.92. The molecule has 0 radical (unpaired) electrons. The number of rotatable bonds is 3. The molecule has 1 aromatic carbocycles. The quantitative estimate of drug-likeness (QED) is 0.869. The Morgan fingerprint density at radius 1 is 1.41 bits per heavy atom. The minimum Gasteiger partial charge on any atom is -0.481 e. The monoisotopic (exact) mass is 232 g/mol. The number of hydrogen-bond donors (Lipinski definition) is 1. The Balaban J connectivity index is 2.67. The van der Waals surface area contributed by atoms with Gasteiger partial charge in [-0.1, -0.05) is 12.1 Å². The van der Waals surface area contributed by atoms with Crippen molar-refractivity contribution in [2.24, 2.45) is 0 Å². The molecule has 0 spiro atoms. The normalized spacial score (nSPS) is 10.5. The van der Waals surface area contributed by atoms with Crippen molar-refractivity contribution in [2.75, 3.05) is 7.11 Å². The predicted molar refractivity (Wildman–Crippen MR) is 62.2 cm³/mol. The van der Waals surface area contributed by atoms with Gasteiger partial charge in [0.25, 0.3) is 0 Å². The van der Waals surface area contributed by atoms with E-state index in [2.05, 4.69) is 9.97 Å². The maximum atomic E-state index is 10.7. The molecule has 0 fully saturated rings. The van der Waals surface area contributed by atoms with Crippen molar-refractivity contribution in [1.82, 2.24) is 9.97 Å². The van der Waals surface area contributed by atoms with Crippen molar-refractivity contribution in [2.45, 2.75) is 13.3 Å². The van der Waals surface area contributed by atoms with E-state index in [0.29, 0.717) is 5.88 Å². The van der Waals surface area contributed by atoms with Crippen LogP contribution in [0.2, 0.25) is 0 Å². The van der Waals surface area contributed by atoms with Crippen molar-refractivity contribution in [1.29, 1.82) is 0 Å². The van der Waals surface area contributed by atoms with Crippen LogP contribution in [0.25, 0.3) is 10.9 Å². The van der Waals surface area contributed by atoms with Crippen molar-refractivity contribution in [3.8, 4) is 5.88 Å². The Morgan fingerprint density at radius 3 is 2.82 bits per heavy atom. The third-order valence-electron chi connectivity index (χ3n) is 2.44. The topological polar surface area (TPSA) is 72.3 Å². The summed E-state index contributed by atoms with van der Waals surface area (Å²) in [5.74, 6) is -0.286. The Bertz CT molecular complexity index is 581. The summed E-state index contributed by atoms with van der Waals surface area (Å²) in [6, 6.07) is 5.66. The molecule has 0 aliphatic heterocycles. The molecule has 2 rings (SSSR count). The van der Waals surface area contributed by atoms with E-state index in [1.807, 2.05) is 25.1 Å². The fourth-order valence-electron chi connectivity index (χ4n) is 1.68. The molecular formula is C12H12N2O3. The van der Waals surface area contributed by atoms with Crippen LogP contribution in [0.5, 0.6) is 5.88 Å². The molecule has 0 bridgehead atoms. The first kappa shape index (κ1) is 11.3. The maximum Gasteiger partial charge on any atom is 0.311 e. The summed E-state index contributed by atoms with van der Waals surface area (Å²) >= 11 is 0. The fourth-order valence-corrected chi connectivity index (χ4v) is 1.68. The average Bonchev–Trinajstić information content (AvgIpc) is 2.28. The lowest BCUT2D eigenvalue weighted by Crippen LogP contribution is -2.06. The number of aryl methyl sites for hydroxylation is 1. The van der Waals surface area contributed by atoms with Crippen LogP contribution in [0.4, 0.5) is 0 Å². The smallest absolute Gasteiger partial charge is 0.311 e. The molecule has 5 heteroatoms. The SMILES string of the molecule is COc1nc(CC(=O)O)nc2c(C)cccc12. The van der Waals surface area contributed by atoms with Gasteiger partial charge in [-0.05, 0) is 18.6 Å². The second-order valence-electron chi connectivity index (χ2n) is 3.69. The molecule has 0 unspecified atom stereocenters. The molecule has 1 aromatic heterocycles. The molecular weight excluding hydrogens is 220 g/mol. The van der Waals surface area contributed by atoms with E-state index >= 15 is 0 Å². The van der Waals surface area contributed by atoms with Crippen LogP contribution in [-0.4, -0.2) is 28.2 Å². The molecule has 0 aliphatic rings. The molecule has 2 aromatic rings. The van der Waals surface area contributed by atoms with Gasteiger partial charge in [-0.15, -0.1) is 0 Å². The van der Waals surface area contributed by atoms with E-state index < -0.39 is 5.97 Å². The van der Waals surface area contributed by atoms with Crippen LogP contribution in [0, 0.1) is 6.92 Å². The third-order valence-corrected chi connectivity index (χ3v) is 2.44. The standard InChI is InChI=1S/C12H12N2O3/c1-7-4-3-5-8-11(7)13-9(6-10(15)16)14-12(8)17-2/h3-5H,6H2,1-2H3,(H,15,16). The molecule has 5 nitrogen and oxygen atoms in total. The molecule has 0 aliphatic carbocycles. The Morgan fingerprint density at radius 2 is 2.18 bits per heavy atom. The van der Waals surface area contributed by atoms with Gasteiger partial charge in [-0.2, -0.15) is 4.98 Å². The molecule has 0 atom stereocenters. The van der Waals surface area contributed by atoms with Crippen molar-refractivity contribution >= 4 is 16.9 Å². The number of aromatic nitrogens is 2. The van der Waals surface area contributed by atoms with E-state index in [4.69, 9.17) is 9.84 Å². The van der Waals surface area contributed by atoms with E-state index in [9.17, 15) is 4.79 Å². The summed E-state index contributed by atoms with van der Waals surface area (Å²) in [5.41, 5.74) is 1.70. The van der Waals surface area contributed by atoms with E-state index in [1.165, 1.54) is 7.11 Å². The number of carboxylic acid groups (broad SMARTS) is 1. The lowest BCUT2D eigenvalue weighted by molar-refractivity contribution is -0.136. The second-order valence-corrected chi connectivity index (χ2v) is 3.69. The lowest BCUT2D eigenvalue weighted by Gasteiger charge is -2.07. The number of nitrogens with zero attached hydrogens (tertiary/aromatic N) is 2. The van der Waals surface area contributed by atoms with Crippen molar-refractivity contribution < 1.29 is 14.6 Å². The number of ether oxygens (including phenoxy) is 1. The third kappa shape index (κ3) is 2.18. The molecule has 88 valence electrons. The summed E-state index contributed by atoms with van der Waals surface area (Å²) in [5, 5.41) is 9.54. The second kappa shape index (κ2) is 4.37. The van der Waals surface area contributed by atoms with Gasteiger partial charge in [0.15, 0.2) is 0 Å². The van der Waals surface area contributed by atoms with Crippen LogP contribution < -0.4 is 4.74 Å². The van der Waals surface area contributed by atoms with E-state index in [0.717, 1.165) is 16.5 Å². The number of benzene rings is 1. The molecule has 0 amide bonds. The van der Waals surface area contributed by atoms with Gasteiger partial charge in [0, 0.05) is 0 Å². The number of carboxylic acids is 1. The Kier molecular flexibility index (Phi) is 2.91. The largest absolute Gasteiger partial charge is 0.481 e. The van der Waals surface area contributed by atoms with Gasteiger partial charge in [0.05, 0.1) is 18.0 Å². The number of para-hydroxylation sites is 1. The number of fused-ring (bicyclic) bond motifs is 1. The van der Waals surface area contributed by atoms with Gasteiger partial charge in [-0.25, -0.2) is 4.98 Å². The zero-order chi connectivity index (χ0) is 12.4. The average molecular weight is 232 g/mol. The molecule has 1 heterocycles. The zero-order valence-electron chi connectivity index (χ0n) is 9.60. The summed E-state index contributed by atoms with van der Waals surface area (Å²) in [4.78, 5) is 19.0. The van der Waals surface area contributed by atoms with Crippen molar-refractivity contribution in [3.63, 3.8) is 0 Å². The summed E-state index contributed by atoms with van der Waals surface area (Å²) in [7, 11) is 1.51. The molecule has 17 heavy (non-hydrogen) atoms. The highest BCUT2D eigenvalue weighted by Crippen LogP contribution is 2.24. The first-order chi connectivity index (χ1) is 8.11. The van der Waals surface area contributed by atoms with Crippen LogP contribution in [0.15, 0.2) is 18.2 Å². The zero-order valence-corrected chi connectivity index (χ0v) is 9.60. The van der Waals surface area contributed by atoms with Crippen molar-refractivity contribution in [3.05, 3.63) is 29.6 Å². The van der Waals surface area contributed by atoms with Gasteiger partial charge in [-0.3, -0.25) is 4.79 Å².